The van der Waals surface area contributed by atoms with Gasteiger partial charge in [-0.15, -0.1) is 0 Å². The maximum atomic E-state index is 5.36. The van der Waals surface area contributed by atoms with Crippen LogP contribution in [0.3, 0.4) is 0 Å². The van der Waals surface area contributed by atoms with E-state index in [-0.39, 0.29) is 0 Å². The van der Waals surface area contributed by atoms with Gasteiger partial charge in [-0.3, -0.25) is 5.43 Å². The quantitative estimate of drug-likeness (QED) is 0.347. The molecule has 1 heterocycles. The van der Waals surface area contributed by atoms with E-state index in [0.29, 0.717) is 5.95 Å². The number of hydrazine groups is 1. The highest BCUT2D eigenvalue weighted by molar-refractivity contribution is 5.38. The summed E-state index contributed by atoms with van der Waals surface area (Å²) in [6, 6.07) is 1.80. The van der Waals surface area contributed by atoms with Gasteiger partial charge in [-0.1, -0.05) is 6.92 Å². The Balaban J connectivity index is 2.16. The van der Waals surface area contributed by atoms with Crippen molar-refractivity contribution in [3.8, 4) is 0 Å². The Morgan fingerprint density at radius 1 is 1.44 bits per heavy atom. The Labute approximate surface area is 95.6 Å². The van der Waals surface area contributed by atoms with Crippen molar-refractivity contribution in [2.24, 2.45) is 5.84 Å². The molecule has 1 aromatic rings. The van der Waals surface area contributed by atoms with Crippen LogP contribution in [0.25, 0.3) is 0 Å². The van der Waals surface area contributed by atoms with Crippen molar-refractivity contribution in [3.05, 3.63) is 12.3 Å². The van der Waals surface area contributed by atoms with Gasteiger partial charge in [0.15, 0.2) is 0 Å². The number of ether oxygens (including phenoxy) is 1. The third-order valence-corrected chi connectivity index (χ3v) is 1.90. The summed E-state index contributed by atoms with van der Waals surface area (Å²) in [6.07, 6.45) is 3.67. The molecule has 0 spiro atoms. The van der Waals surface area contributed by atoms with Gasteiger partial charge in [-0.2, -0.15) is 4.98 Å². The fourth-order valence-electron chi connectivity index (χ4n) is 1.16. The van der Waals surface area contributed by atoms with Crippen molar-refractivity contribution in [3.63, 3.8) is 0 Å². The molecule has 0 aliphatic carbocycles. The molecule has 0 amide bonds. The van der Waals surface area contributed by atoms with Crippen LogP contribution in [0.5, 0.6) is 0 Å². The minimum Gasteiger partial charge on any atom is -0.381 e. The van der Waals surface area contributed by atoms with Crippen molar-refractivity contribution in [1.29, 1.82) is 0 Å². The SMILES string of the molecule is CCCOCCCNc1ccnc(NN)n1. The lowest BCUT2D eigenvalue weighted by Gasteiger charge is -2.06. The second kappa shape index (κ2) is 7.84. The molecule has 90 valence electrons. The van der Waals surface area contributed by atoms with Gasteiger partial charge >= 0.3 is 0 Å². The molecule has 0 saturated heterocycles. The van der Waals surface area contributed by atoms with Crippen molar-refractivity contribution < 1.29 is 4.74 Å². The Bertz CT molecular complexity index is 294. The van der Waals surface area contributed by atoms with E-state index in [4.69, 9.17) is 10.6 Å². The lowest BCUT2D eigenvalue weighted by atomic mass is 10.4. The van der Waals surface area contributed by atoms with Crippen LogP contribution < -0.4 is 16.6 Å². The molecule has 0 radical (unpaired) electrons. The van der Waals surface area contributed by atoms with Crippen LogP contribution in [0.4, 0.5) is 11.8 Å². The molecular weight excluding hydrogens is 206 g/mol. The van der Waals surface area contributed by atoms with Gasteiger partial charge in [0.05, 0.1) is 0 Å². The highest BCUT2D eigenvalue weighted by Gasteiger charge is 1.96. The van der Waals surface area contributed by atoms with E-state index in [1.54, 1.807) is 12.3 Å². The predicted molar refractivity (Wildman–Crippen MR) is 64.1 cm³/mol. The van der Waals surface area contributed by atoms with Crippen LogP contribution in [0.2, 0.25) is 0 Å². The molecule has 0 aromatic carbocycles. The van der Waals surface area contributed by atoms with E-state index in [1.807, 2.05) is 0 Å². The molecule has 0 aliphatic heterocycles. The molecule has 0 bridgehead atoms. The first kappa shape index (κ1) is 12.7. The van der Waals surface area contributed by atoms with Crippen molar-refractivity contribution in [2.45, 2.75) is 19.8 Å². The smallest absolute Gasteiger partial charge is 0.239 e. The second-order valence-corrected chi connectivity index (χ2v) is 3.30. The molecule has 6 heteroatoms. The highest BCUT2D eigenvalue weighted by atomic mass is 16.5. The zero-order valence-corrected chi connectivity index (χ0v) is 9.57. The molecule has 0 unspecified atom stereocenters. The van der Waals surface area contributed by atoms with Gasteiger partial charge in [0, 0.05) is 26.0 Å². The third-order valence-electron chi connectivity index (χ3n) is 1.90. The zero-order chi connectivity index (χ0) is 11.6. The molecule has 16 heavy (non-hydrogen) atoms. The van der Waals surface area contributed by atoms with Crippen LogP contribution in [0.1, 0.15) is 19.8 Å². The number of anilines is 2. The Kier molecular flexibility index (Phi) is 6.20. The first-order valence-corrected chi connectivity index (χ1v) is 5.48. The maximum Gasteiger partial charge on any atom is 0.239 e. The molecule has 1 rings (SSSR count). The average Bonchev–Trinajstić information content (AvgIpc) is 2.34. The number of hydrogen-bond acceptors (Lipinski definition) is 6. The minimum absolute atomic E-state index is 0.409. The summed E-state index contributed by atoms with van der Waals surface area (Å²) in [5.74, 6) is 6.38. The summed E-state index contributed by atoms with van der Waals surface area (Å²) in [5, 5.41) is 3.17. The molecule has 0 saturated carbocycles. The fourth-order valence-corrected chi connectivity index (χ4v) is 1.16. The van der Waals surface area contributed by atoms with E-state index >= 15 is 0 Å². The second-order valence-electron chi connectivity index (χ2n) is 3.30. The van der Waals surface area contributed by atoms with E-state index in [2.05, 4.69) is 27.6 Å². The zero-order valence-electron chi connectivity index (χ0n) is 9.57. The molecule has 4 N–H and O–H groups in total. The van der Waals surface area contributed by atoms with Gasteiger partial charge in [-0.05, 0) is 18.9 Å². The number of nitrogen functional groups attached to an aromatic ring is 1. The summed E-state index contributed by atoms with van der Waals surface area (Å²) >= 11 is 0. The maximum absolute atomic E-state index is 5.36. The molecule has 6 nitrogen and oxygen atoms in total. The summed E-state index contributed by atoms with van der Waals surface area (Å²) in [7, 11) is 0. The first-order chi connectivity index (χ1) is 7.86. The Hall–Kier alpha value is -1.40. The normalized spacial score (nSPS) is 10.1. The van der Waals surface area contributed by atoms with Crippen molar-refractivity contribution in [2.75, 3.05) is 30.5 Å². The summed E-state index contributed by atoms with van der Waals surface area (Å²) in [6.45, 7) is 4.52. The molecular formula is C10H19N5O. The molecule has 0 aliphatic rings. The monoisotopic (exact) mass is 225 g/mol. The number of nitrogens with one attached hydrogen (secondary N) is 2. The van der Waals surface area contributed by atoms with Crippen molar-refractivity contribution >= 4 is 11.8 Å². The highest BCUT2D eigenvalue weighted by Crippen LogP contribution is 2.03. The van der Waals surface area contributed by atoms with Gasteiger partial charge in [0.1, 0.15) is 5.82 Å². The third kappa shape index (κ3) is 4.90. The lowest BCUT2D eigenvalue weighted by molar-refractivity contribution is 0.134. The largest absolute Gasteiger partial charge is 0.381 e. The van der Waals surface area contributed by atoms with Crippen LogP contribution in [0, 0.1) is 0 Å². The summed E-state index contributed by atoms with van der Waals surface area (Å²) in [4.78, 5) is 8.04. The number of rotatable bonds is 8. The number of hydrogen-bond donors (Lipinski definition) is 3. The fraction of sp³-hybridized carbons (Fsp3) is 0.600. The van der Waals surface area contributed by atoms with E-state index in [9.17, 15) is 0 Å². The minimum atomic E-state index is 0.409. The van der Waals surface area contributed by atoms with E-state index in [0.717, 1.165) is 38.4 Å². The first-order valence-electron chi connectivity index (χ1n) is 5.48. The van der Waals surface area contributed by atoms with Gasteiger partial charge < -0.3 is 10.1 Å². The van der Waals surface area contributed by atoms with E-state index in [1.165, 1.54) is 0 Å². The van der Waals surface area contributed by atoms with E-state index < -0.39 is 0 Å². The van der Waals surface area contributed by atoms with Gasteiger partial charge in [-0.25, -0.2) is 10.8 Å². The van der Waals surface area contributed by atoms with Crippen molar-refractivity contribution in [1.82, 2.24) is 9.97 Å². The number of aromatic nitrogens is 2. The Morgan fingerprint density at radius 2 is 2.31 bits per heavy atom. The van der Waals surface area contributed by atoms with Crippen LogP contribution in [0.15, 0.2) is 12.3 Å². The summed E-state index contributed by atoms with van der Waals surface area (Å²) < 4.78 is 5.36. The number of nitrogens with two attached hydrogens (primary N) is 1. The predicted octanol–water partition coefficient (Wildman–Crippen LogP) is 0.991. The lowest BCUT2D eigenvalue weighted by Crippen LogP contribution is -2.12. The molecule has 0 atom stereocenters. The average molecular weight is 225 g/mol. The molecule has 1 aromatic heterocycles. The van der Waals surface area contributed by atoms with Gasteiger partial charge in [0.2, 0.25) is 5.95 Å². The van der Waals surface area contributed by atoms with Crippen LogP contribution in [-0.2, 0) is 4.74 Å². The summed E-state index contributed by atoms with van der Waals surface area (Å²) in [5.41, 5.74) is 2.40. The molecule has 0 fully saturated rings. The topological polar surface area (TPSA) is 85.1 Å². The standard InChI is InChI=1S/C10H19N5O/c1-2-7-16-8-3-5-12-9-4-6-13-10(14-9)15-11/h4,6H,2-3,5,7-8,11H2,1H3,(H2,12,13,14,15). The number of nitrogens with zero attached hydrogens (tertiary/aromatic N) is 2. The van der Waals surface area contributed by atoms with Gasteiger partial charge in [0.25, 0.3) is 0 Å². The Morgan fingerprint density at radius 3 is 3.06 bits per heavy atom. The van der Waals surface area contributed by atoms with Crippen LogP contribution in [-0.4, -0.2) is 29.7 Å². The van der Waals surface area contributed by atoms with Crippen LogP contribution >= 0.6 is 0 Å².